The second-order valence-electron chi connectivity index (χ2n) is 7.26. The number of aliphatic imine (C=N–C) groups is 1. The third-order valence-electron chi connectivity index (χ3n) is 5.00. The van der Waals surface area contributed by atoms with Gasteiger partial charge in [-0.3, -0.25) is 4.99 Å². The van der Waals surface area contributed by atoms with E-state index in [2.05, 4.69) is 30.7 Å². The summed E-state index contributed by atoms with van der Waals surface area (Å²) in [5.74, 6) is 0.0670. The first kappa shape index (κ1) is 18.2. The maximum atomic E-state index is 14.6. The monoisotopic (exact) mass is 378 g/mol. The molecule has 0 saturated heterocycles. The minimum Gasteiger partial charge on any atom is -0.369 e. The first-order valence-corrected chi connectivity index (χ1v) is 9.01. The Kier molecular flexibility index (Phi) is 4.82. The SMILES string of the molecule is CC1CC(C)(C)N(C)c2cc(F)c(C=Nc3ccc(Cl)cc3Cl)cc21. The Bertz CT molecular complexity index is 846. The standard InChI is InChI=1S/C20H21Cl2FN2/c1-12-10-20(2,3)25(4)19-9-17(23)13(7-15(12)19)11-24-18-6-5-14(21)8-16(18)22/h5-9,11-12H,10H2,1-4H3. The largest absolute Gasteiger partial charge is 0.369 e. The lowest BCUT2D eigenvalue weighted by Gasteiger charge is -2.45. The molecule has 0 amide bonds. The summed E-state index contributed by atoms with van der Waals surface area (Å²) in [6, 6.07) is 8.56. The number of halogens is 3. The molecule has 25 heavy (non-hydrogen) atoms. The van der Waals surface area contributed by atoms with Gasteiger partial charge in [-0.15, -0.1) is 0 Å². The molecule has 0 saturated carbocycles. The summed E-state index contributed by atoms with van der Waals surface area (Å²) >= 11 is 12.0. The average molecular weight is 379 g/mol. The summed E-state index contributed by atoms with van der Waals surface area (Å²) in [4.78, 5) is 6.49. The van der Waals surface area contributed by atoms with Crippen LogP contribution in [0.3, 0.4) is 0 Å². The molecule has 2 aromatic carbocycles. The molecule has 0 aliphatic carbocycles. The Morgan fingerprint density at radius 1 is 1.24 bits per heavy atom. The third kappa shape index (κ3) is 3.54. The molecule has 1 aliphatic heterocycles. The predicted molar refractivity (Wildman–Crippen MR) is 106 cm³/mol. The van der Waals surface area contributed by atoms with Gasteiger partial charge >= 0.3 is 0 Å². The maximum absolute atomic E-state index is 14.6. The van der Waals surface area contributed by atoms with Gasteiger partial charge in [-0.1, -0.05) is 30.1 Å². The molecule has 0 radical (unpaired) electrons. The number of anilines is 1. The molecule has 0 spiro atoms. The topological polar surface area (TPSA) is 15.6 Å². The van der Waals surface area contributed by atoms with Gasteiger partial charge in [0, 0.05) is 35.1 Å². The lowest BCUT2D eigenvalue weighted by atomic mass is 9.80. The van der Waals surface area contributed by atoms with Gasteiger partial charge in [0.1, 0.15) is 5.82 Å². The molecule has 1 unspecified atom stereocenters. The van der Waals surface area contributed by atoms with Crippen LogP contribution in [0, 0.1) is 5.82 Å². The molecule has 1 atom stereocenters. The van der Waals surface area contributed by atoms with E-state index in [-0.39, 0.29) is 11.4 Å². The molecule has 2 aromatic rings. The van der Waals surface area contributed by atoms with Crippen LogP contribution in [-0.2, 0) is 0 Å². The van der Waals surface area contributed by atoms with Gasteiger partial charge in [-0.05, 0) is 62.1 Å². The van der Waals surface area contributed by atoms with E-state index in [1.165, 1.54) is 6.21 Å². The van der Waals surface area contributed by atoms with Crippen molar-refractivity contribution in [2.45, 2.75) is 38.6 Å². The van der Waals surface area contributed by atoms with E-state index in [9.17, 15) is 4.39 Å². The average Bonchev–Trinajstić information content (AvgIpc) is 2.52. The van der Waals surface area contributed by atoms with Crippen LogP contribution >= 0.6 is 23.2 Å². The van der Waals surface area contributed by atoms with Crippen molar-refractivity contribution < 1.29 is 4.39 Å². The number of nitrogens with zero attached hydrogens (tertiary/aromatic N) is 2. The quantitative estimate of drug-likeness (QED) is 0.537. The van der Waals surface area contributed by atoms with Crippen molar-refractivity contribution in [3.8, 4) is 0 Å². The van der Waals surface area contributed by atoms with Crippen LogP contribution in [0.5, 0.6) is 0 Å². The lowest BCUT2D eigenvalue weighted by Crippen LogP contribution is -2.45. The first-order valence-electron chi connectivity index (χ1n) is 8.25. The molecule has 0 aromatic heterocycles. The van der Waals surface area contributed by atoms with Crippen LogP contribution in [-0.4, -0.2) is 18.8 Å². The van der Waals surface area contributed by atoms with E-state index in [1.54, 1.807) is 24.3 Å². The summed E-state index contributed by atoms with van der Waals surface area (Å²) < 4.78 is 14.6. The fourth-order valence-electron chi connectivity index (χ4n) is 3.43. The first-order chi connectivity index (χ1) is 11.7. The van der Waals surface area contributed by atoms with Gasteiger partial charge in [0.25, 0.3) is 0 Å². The van der Waals surface area contributed by atoms with Crippen molar-refractivity contribution in [1.29, 1.82) is 0 Å². The fourth-order valence-corrected chi connectivity index (χ4v) is 3.89. The van der Waals surface area contributed by atoms with Gasteiger partial charge in [-0.2, -0.15) is 0 Å². The van der Waals surface area contributed by atoms with Gasteiger partial charge in [-0.25, -0.2) is 4.39 Å². The molecule has 0 fully saturated rings. The van der Waals surface area contributed by atoms with E-state index in [0.717, 1.165) is 17.7 Å². The van der Waals surface area contributed by atoms with Crippen LogP contribution in [0.15, 0.2) is 35.3 Å². The molecule has 1 aliphatic rings. The minimum atomic E-state index is -0.288. The molecular formula is C20H21Cl2FN2. The van der Waals surface area contributed by atoms with E-state index in [4.69, 9.17) is 23.2 Å². The highest BCUT2D eigenvalue weighted by Crippen LogP contribution is 2.43. The highest BCUT2D eigenvalue weighted by atomic mass is 35.5. The van der Waals surface area contributed by atoms with Crippen LogP contribution in [0.1, 0.15) is 44.2 Å². The number of hydrogen-bond acceptors (Lipinski definition) is 2. The minimum absolute atomic E-state index is 0.00525. The zero-order valence-corrected chi connectivity index (χ0v) is 16.3. The summed E-state index contributed by atoms with van der Waals surface area (Å²) in [6.07, 6.45) is 2.54. The molecule has 3 rings (SSSR count). The Balaban J connectivity index is 1.99. The van der Waals surface area contributed by atoms with Crippen molar-refractivity contribution in [2.24, 2.45) is 4.99 Å². The Hall–Kier alpha value is -1.58. The molecule has 0 N–H and O–H groups in total. The molecule has 0 bridgehead atoms. The van der Waals surface area contributed by atoms with Crippen LogP contribution in [0.25, 0.3) is 0 Å². The summed E-state index contributed by atoms with van der Waals surface area (Å²) in [7, 11) is 2.02. The summed E-state index contributed by atoms with van der Waals surface area (Å²) in [5.41, 5.74) is 3.12. The Morgan fingerprint density at radius 2 is 1.96 bits per heavy atom. The van der Waals surface area contributed by atoms with Crippen molar-refractivity contribution >= 4 is 40.8 Å². The summed E-state index contributed by atoms with van der Waals surface area (Å²) in [5, 5.41) is 0.986. The predicted octanol–water partition coefficient (Wildman–Crippen LogP) is 6.61. The highest BCUT2D eigenvalue weighted by molar-refractivity contribution is 6.36. The number of hydrogen-bond donors (Lipinski definition) is 0. The van der Waals surface area contributed by atoms with Crippen molar-refractivity contribution in [1.82, 2.24) is 0 Å². The van der Waals surface area contributed by atoms with Crippen LogP contribution < -0.4 is 4.90 Å². The summed E-state index contributed by atoms with van der Waals surface area (Å²) in [6.45, 7) is 6.55. The van der Waals surface area contributed by atoms with Crippen LogP contribution in [0.4, 0.5) is 15.8 Å². The zero-order valence-electron chi connectivity index (χ0n) is 14.8. The van der Waals surface area contributed by atoms with Gasteiger partial charge < -0.3 is 4.90 Å². The molecule has 5 heteroatoms. The Morgan fingerprint density at radius 3 is 2.64 bits per heavy atom. The van der Waals surface area contributed by atoms with Crippen molar-refractivity contribution in [3.63, 3.8) is 0 Å². The molecular weight excluding hydrogens is 358 g/mol. The zero-order chi connectivity index (χ0) is 18.4. The van der Waals surface area contributed by atoms with E-state index >= 15 is 0 Å². The van der Waals surface area contributed by atoms with Gasteiger partial charge in [0.15, 0.2) is 0 Å². The smallest absolute Gasteiger partial charge is 0.134 e. The number of rotatable bonds is 2. The normalized spacial score (nSPS) is 19.3. The van der Waals surface area contributed by atoms with E-state index in [1.807, 2.05) is 13.1 Å². The van der Waals surface area contributed by atoms with Gasteiger partial charge in [0.2, 0.25) is 0 Å². The van der Waals surface area contributed by atoms with Crippen LogP contribution in [0.2, 0.25) is 10.0 Å². The van der Waals surface area contributed by atoms with E-state index in [0.29, 0.717) is 27.2 Å². The number of fused-ring (bicyclic) bond motifs is 1. The van der Waals surface area contributed by atoms with Crippen molar-refractivity contribution in [3.05, 3.63) is 57.3 Å². The molecule has 1 heterocycles. The Labute approximate surface area is 158 Å². The van der Waals surface area contributed by atoms with Crippen molar-refractivity contribution in [2.75, 3.05) is 11.9 Å². The van der Waals surface area contributed by atoms with Gasteiger partial charge in [0.05, 0.1) is 10.7 Å². The van der Waals surface area contributed by atoms with E-state index < -0.39 is 0 Å². The molecule has 132 valence electrons. The third-order valence-corrected chi connectivity index (χ3v) is 5.54. The second-order valence-corrected chi connectivity index (χ2v) is 8.11. The fraction of sp³-hybridized carbons (Fsp3) is 0.350. The molecule has 2 nitrogen and oxygen atoms in total. The maximum Gasteiger partial charge on any atom is 0.134 e. The lowest BCUT2D eigenvalue weighted by molar-refractivity contribution is 0.394. The number of benzene rings is 2. The second kappa shape index (κ2) is 6.62. The highest BCUT2D eigenvalue weighted by Gasteiger charge is 2.34.